The topological polar surface area (TPSA) is 130 Å². The highest BCUT2D eigenvalue weighted by molar-refractivity contribution is 5.94. The summed E-state index contributed by atoms with van der Waals surface area (Å²) < 4.78 is 10.4. The Kier molecular flexibility index (Phi) is 10.5. The van der Waals surface area contributed by atoms with Crippen molar-refractivity contribution in [1.82, 2.24) is 20.5 Å². The number of nitrogens with zero attached hydrogens (tertiary/aromatic N) is 1. The van der Waals surface area contributed by atoms with Crippen LogP contribution in [0.25, 0.3) is 10.9 Å². The number of ether oxygens (including phenoxy) is 2. The van der Waals surface area contributed by atoms with Gasteiger partial charge in [0.1, 0.15) is 18.7 Å². The normalized spacial score (nSPS) is 15.1. The van der Waals surface area contributed by atoms with Gasteiger partial charge in [-0.1, -0.05) is 78.9 Å². The van der Waals surface area contributed by atoms with E-state index in [4.69, 9.17) is 9.47 Å². The molecular formula is C35H38N4O6. The Morgan fingerprint density at radius 2 is 1.62 bits per heavy atom. The monoisotopic (exact) mass is 610 g/mol. The summed E-state index contributed by atoms with van der Waals surface area (Å²) in [5.41, 5.74) is 4.41. The molecule has 2 heterocycles. The van der Waals surface area contributed by atoms with Gasteiger partial charge in [0, 0.05) is 29.6 Å². The van der Waals surface area contributed by atoms with Gasteiger partial charge in [0.2, 0.25) is 11.8 Å². The number of aromatic nitrogens is 1. The standard InChI is InChI=1S/C35H38N4O6/c1-44-34(42)31(18-10-11-19-36-35(43)45-23-25-14-6-3-7-15-25)39-22-30-27(26-16-8-9-17-28(26)37-30)21-29(33(39)41)38-32(40)20-24-12-4-2-5-13-24/h2-9,12-17,29,31,37H,10-11,18-23H2,1H3,(H,36,43)(H,38,40)/t29-,31+/m1/s1. The minimum Gasteiger partial charge on any atom is -0.467 e. The summed E-state index contributed by atoms with van der Waals surface area (Å²) in [6.07, 6.45) is 1.31. The van der Waals surface area contributed by atoms with Gasteiger partial charge in [0.05, 0.1) is 20.1 Å². The average molecular weight is 611 g/mol. The quantitative estimate of drug-likeness (QED) is 0.161. The van der Waals surface area contributed by atoms with Gasteiger partial charge in [-0.3, -0.25) is 9.59 Å². The highest BCUT2D eigenvalue weighted by atomic mass is 16.5. The fourth-order valence-electron chi connectivity index (χ4n) is 5.73. The summed E-state index contributed by atoms with van der Waals surface area (Å²) in [6.45, 7) is 0.685. The van der Waals surface area contributed by atoms with Crippen molar-refractivity contribution in [2.45, 2.75) is 57.3 Å². The molecule has 3 aromatic carbocycles. The van der Waals surface area contributed by atoms with Crippen LogP contribution in [0.15, 0.2) is 84.9 Å². The molecule has 10 nitrogen and oxygen atoms in total. The van der Waals surface area contributed by atoms with Crippen molar-refractivity contribution < 1.29 is 28.7 Å². The Labute approximate surface area is 262 Å². The molecule has 4 aromatic rings. The summed E-state index contributed by atoms with van der Waals surface area (Å²) in [4.78, 5) is 57.4. The zero-order valence-electron chi connectivity index (χ0n) is 25.3. The molecule has 3 N–H and O–H groups in total. The predicted molar refractivity (Wildman–Crippen MR) is 169 cm³/mol. The van der Waals surface area contributed by atoms with Crippen LogP contribution in [0.1, 0.15) is 41.6 Å². The van der Waals surface area contributed by atoms with Crippen LogP contribution in [-0.4, -0.2) is 59.5 Å². The van der Waals surface area contributed by atoms with E-state index < -0.39 is 24.1 Å². The molecule has 0 spiro atoms. The van der Waals surface area contributed by atoms with Gasteiger partial charge in [0.15, 0.2) is 0 Å². The molecule has 0 saturated carbocycles. The Hall–Kier alpha value is -5.12. The van der Waals surface area contributed by atoms with Crippen molar-refractivity contribution in [2.75, 3.05) is 13.7 Å². The molecule has 0 unspecified atom stereocenters. The van der Waals surface area contributed by atoms with E-state index in [1.54, 1.807) is 0 Å². The molecule has 0 radical (unpaired) electrons. The van der Waals surface area contributed by atoms with Gasteiger partial charge < -0.3 is 30.0 Å². The van der Waals surface area contributed by atoms with Crippen LogP contribution in [0.5, 0.6) is 0 Å². The molecule has 0 bridgehead atoms. The Morgan fingerprint density at radius 1 is 0.933 bits per heavy atom. The van der Waals surface area contributed by atoms with Crippen molar-refractivity contribution >= 4 is 34.8 Å². The summed E-state index contributed by atoms with van der Waals surface area (Å²) >= 11 is 0. The minimum atomic E-state index is -0.876. The molecule has 234 valence electrons. The predicted octanol–water partition coefficient (Wildman–Crippen LogP) is 4.42. The SMILES string of the molecule is COC(=O)[C@H](CCCCNC(=O)OCc1ccccc1)N1Cc2[nH]c3ccccc3c2C[C@@H](NC(=O)Cc2ccccc2)C1=O. The summed E-state index contributed by atoms with van der Waals surface area (Å²) in [7, 11) is 1.30. The van der Waals surface area contributed by atoms with Crippen LogP contribution in [0.3, 0.4) is 0 Å². The number of aromatic amines is 1. The van der Waals surface area contributed by atoms with E-state index in [-0.39, 0.29) is 37.8 Å². The fraction of sp³-hybridized carbons (Fsp3) is 0.314. The highest BCUT2D eigenvalue weighted by Gasteiger charge is 2.38. The molecule has 1 aliphatic rings. The second-order valence-corrected chi connectivity index (χ2v) is 11.1. The minimum absolute atomic E-state index is 0.132. The van der Waals surface area contributed by atoms with Crippen LogP contribution in [0, 0.1) is 0 Å². The Bertz CT molecular complexity index is 1620. The Morgan fingerprint density at radius 3 is 2.36 bits per heavy atom. The second-order valence-electron chi connectivity index (χ2n) is 11.1. The third kappa shape index (κ3) is 8.08. The molecule has 0 saturated heterocycles. The first-order valence-electron chi connectivity index (χ1n) is 15.2. The lowest BCUT2D eigenvalue weighted by Crippen LogP contribution is -2.53. The fourth-order valence-corrected chi connectivity index (χ4v) is 5.73. The lowest BCUT2D eigenvalue weighted by Gasteiger charge is -2.31. The van der Waals surface area contributed by atoms with E-state index >= 15 is 0 Å². The molecule has 5 rings (SSSR count). The smallest absolute Gasteiger partial charge is 0.407 e. The van der Waals surface area contributed by atoms with E-state index in [0.717, 1.165) is 33.3 Å². The summed E-state index contributed by atoms with van der Waals surface area (Å²) in [6, 6.07) is 24.8. The largest absolute Gasteiger partial charge is 0.467 e. The molecule has 3 amide bonds. The van der Waals surface area contributed by atoms with Crippen molar-refractivity contribution in [3.05, 3.63) is 107 Å². The van der Waals surface area contributed by atoms with E-state index in [2.05, 4.69) is 15.6 Å². The van der Waals surface area contributed by atoms with Crippen molar-refractivity contribution in [2.24, 2.45) is 0 Å². The average Bonchev–Trinajstić information content (AvgIpc) is 3.34. The van der Waals surface area contributed by atoms with E-state index in [0.29, 0.717) is 25.8 Å². The maximum Gasteiger partial charge on any atom is 0.407 e. The van der Waals surface area contributed by atoms with Gasteiger partial charge >= 0.3 is 12.1 Å². The van der Waals surface area contributed by atoms with Crippen LogP contribution in [-0.2, 0) is 49.9 Å². The Balaban J connectivity index is 1.27. The number of alkyl carbamates (subject to hydrolysis) is 1. The number of benzene rings is 3. The van der Waals surface area contributed by atoms with Crippen molar-refractivity contribution in [3.8, 4) is 0 Å². The molecule has 1 aromatic heterocycles. The van der Waals surface area contributed by atoms with E-state index in [1.807, 2.05) is 84.9 Å². The van der Waals surface area contributed by atoms with Gasteiger partial charge in [-0.15, -0.1) is 0 Å². The maximum absolute atomic E-state index is 14.1. The van der Waals surface area contributed by atoms with Crippen molar-refractivity contribution in [1.29, 1.82) is 0 Å². The summed E-state index contributed by atoms with van der Waals surface area (Å²) in [5, 5.41) is 6.66. The number of hydrogen-bond donors (Lipinski definition) is 3. The van der Waals surface area contributed by atoms with Gasteiger partial charge in [0.25, 0.3) is 0 Å². The van der Waals surface area contributed by atoms with Crippen LogP contribution in [0.4, 0.5) is 4.79 Å². The molecule has 0 aliphatic carbocycles. The number of methoxy groups -OCH3 is 1. The molecule has 10 heteroatoms. The number of carbonyl (C=O) groups is 4. The highest BCUT2D eigenvalue weighted by Crippen LogP contribution is 2.30. The van der Waals surface area contributed by atoms with Gasteiger partial charge in [-0.2, -0.15) is 0 Å². The van der Waals surface area contributed by atoms with Crippen LogP contribution >= 0.6 is 0 Å². The number of H-pyrrole nitrogens is 1. The first-order chi connectivity index (χ1) is 21.9. The van der Waals surface area contributed by atoms with Crippen molar-refractivity contribution in [3.63, 3.8) is 0 Å². The zero-order chi connectivity index (χ0) is 31.6. The van der Waals surface area contributed by atoms with E-state index in [9.17, 15) is 19.2 Å². The van der Waals surface area contributed by atoms with Crippen LogP contribution in [0.2, 0.25) is 0 Å². The number of amides is 3. The molecule has 2 atom stereocenters. The lowest BCUT2D eigenvalue weighted by atomic mass is 10.0. The molecule has 1 aliphatic heterocycles. The second kappa shape index (κ2) is 15.1. The summed E-state index contributed by atoms with van der Waals surface area (Å²) in [5.74, 6) is -1.15. The number of unbranched alkanes of at least 4 members (excludes halogenated alkanes) is 1. The lowest BCUT2D eigenvalue weighted by molar-refractivity contribution is -0.154. The third-order valence-electron chi connectivity index (χ3n) is 8.00. The van der Waals surface area contributed by atoms with E-state index in [1.165, 1.54) is 12.0 Å². The molecular weight excluding hydrogens is 572 g/mol. The molecule has 45 heavy (non-hydrogen) atoms. The molecule has 0 fully saturated rings. The number of esters is 1. The number of carbonyl (C=O) groups excluding carboxylic acids is 4. The third-order valence-corrected chi connectivity index (χ3v) is 8.00. The number of hydrogen-bond acceptors (Lipinski definition) is 6. The number of para-hydroxylation sites is 1. The first kappa shape index (κ1) is 31.3. The first-order valence-corrected chi connectivity index (χ1v) is 15.2. The zero-order valence-corrected chi connectivity index (χ0v) is 25.3. The maximum atomic E-state index is 14.1. The van der Waals surface area contributed by atoms with Gasteiger partial charge in [-0.25, -0.2) is 9.59 Å². The number of rotatable bonds is 12. The number of nitrogens with one attached hydrogen (secondary N) is 3. The van der Waals surface area contributed by atoms with Crippen LogP contribution < -0.4 is 10.6 Å². The number of fused-ring (bicyclic) bond motifs is 3. The van der Waals surface area contributed by atoms with Gasteiger partial charge in [-0.05, 0) is 42.0 Å².